The van der Waals surface area contributed by atoms with E-state index in [1.54, 1.807) is 4.90 Å². The predicted molar refractivity (Wildman–Crippen MR) is 163 cm³/mol. The minimum absolute atomic E-state index is 0.0747. The van der Waals surface area contributed by atoms with Gasteiger partial charge in [-0.3, -0.25) is 14.4 Å². The number of anilines is 1. The summed E-state index contributed by atoms with van der Waals surface area (Å²) in [5.74, 6) is -1.01. The quantitative estimate of drug-likeness (QED) is 0.475. The molecule has 5 aliphatic rings. The van der Waals surface area contributed by atoms with Crippen molar-refractivity contribution in [3.05, 3.63) is 41.5 Å². The molecule has 1 aromatic rings. The zero-order valence-electron chi connectivity index (χ0n) is 25.7. The SMILES string of the molecule is Cc1ccc(NC(=O)[C@@H]2[C@@H]3C=C[C@]4(O3)[C@@H]2C(=O)N(CCN2CCCCCC2)[C@H]4C(=O)N[C@@H]2CCC[C@@H](C)[C@H]2C)cc1C. The number of likely N-dealkylation sites (tertiary alicyclic amines) is 2. The minimum atomic E-state index is -1.13. The van der Waals surface area contributed by atoms with E-state index in [9.17, 15) is 14.4 Å². The summed E-state index contributed by atoms with van der Waals surface area (Å²) in [6.45, 7) is 11.8. The molecule has 0 radical (unpaired) electrons. The van der Waals surface area contributed by atoms with Crippen LogP contribution in [-0.2, 0) is 19.1 Å². The van der Waals surface area contributed by atoms with Crippen LogP contribution >= 0.6 is 0 Å². The highest BCUT2D eigenvalue weighted by Gasteiger charge is 2.72. The molecule has 1 aromatic carbocycles. The second-order valence-electron chi connectivity index (χ2n) is 13.7. The van der Waals surface area contributed by atoms with Crippen molar-refractivity contribution in [3.63, 3.8) is 0 Å². The van der Waals surface area contributed by atoms with E-state index >= 15 is 0 Å². The van der Waals surface area contributed by atoms with E-state index < -0.39 is 29.6 Å². The average molecular weight is 577 g/mol. The van der Waals surface area contributed by atoms with Crippen LogP contribution < -0.4 is 10.6 Å². The van der Waals surface area contributed by atoms with Gasteiger partial charge in [0.1, 0.15) is 11.6 Å². The molecule has 0 aromatic heterocycles. The Hall–Kier alpha value is -2.71. The van der Waals surface area contributed by atoms with Crippen molar-refractivity contribution in [1.82, 2.24) is 15.1 Å². The Morgan fingerprint density at radius 1 is 0.976 bits per heavy atom. The third-order valence-electron chi connectivity index (χ3n) is 11.1. The molecule has 1 spiro atoms. The number of aryl methyl sites for hydroxylation is 2. The highest BCUT2D eigenvalue weighted by Crippen LogP contribution is 2.55. The zero-order chi connectivity index (χ0) is 29.6. The Balaban J connectivity index is 1.27. The largest absolute Gasteiger partial charge is 0.359 e. The van der Waals surface area contributed by atoms with E-state index in [0.29, 0.717) is 24.1 Å². The number of nitrogens with zero attached hydrogens (tertiary/aromatic N) is 2. The number of carbonyl (C=O) groups is 3. The normalized spacial score (nSPS) is 36.1. The number of benzene rings is 1. The lowest BCUT2D eigenvalue weighted by molar-refractivity contribution is -0.141. The van der Waals surface area contributed by atoms with E-state index in [2.05, 4.69) is 29.4 Å². The van der Waals surface area contributed by atoms with Crippen LogP contribution in [0, 0.1) is 37.5 Å². The van der Waals surface area contributed by atoms with Crippen molar-refractivity contribution in [2.45, 2.75) is 96.4 Å². The summed E-state index contributed by atoms with van der Waals surface area (Å²) in [6.07, 6.45) is 11.3. The van der Waals surface area contributed by atoms with Crippen molar-refractivity contribution in [1.29, 1.82) is 0 Å². The van der Waals surface area contributed by atoms with Gasteiger partial charge in [-0.05, 0) is 81.3 Å². The van der Waals surface area contributed by atoms with Gasteiger partial charge in [-0.15, -0.1) is 0 Å². The molecule has 42 heavy (non-hydrogen) atoms. The van der Waals surface area contributed by atoms with Gasteiger partial charge in [0.05, 0.1) is 17.9 Å². The molecule has 1 aliphatic carbocycles. The van der Waals surface area contributed by atoms with Crippen LogP contribution in [0.4, 0.5) is 5.69 Å². The molecule has 2 bridgehead atoms. The number of fused-ring (bicyclic) bond motifs is 1. The molecule has 4 heterocycles. The predicted octanol–water partition coefficient (Wildman–Crippen LogP) is 4.21. The summed E-state index contributed by atoms with van der Waals surface area (Å²) in [6, 6.07) is 5.13. The van der Waals surface area contributed by atoms with E-state index in [-0.39, 0.29) is 23.8 Å². The third-order valence-corrected chi connectivity index (χ3v) is 11.1. The number of ether oxygens (including phenoxy) is 1. The fraction of sp³-hybridized carbons (Fsp3) is 0.676. The van der Waals surface area contributed by atoms with Gasteiger partial charge in [-0.25, -0.2) is 0 Å². The number of hydrogen-bond acceptors (Lipinski definition) is 5. The van der Waals surface area contributed by atoms with Gasteiger partial charge in [0.2, 0.25) is 17.7 Å². The fourth-order valence-corrected chi connectivity index (χ4v) is 8.21. The lowest BCUT2D eigenvalue weighted by Crippen LogP contribution is -2.58. The van der Waals surface area contributed by atoms with E-state index in [0.717, 1.165) is 56.4 Å². The molecule has 4 aliphatic heterocycles. The maximum atomic E-state index is 14.3. The van der Waals surface area contributed by atoms with Crippen molar-refractivity contribution in [3.8, 4) is 0 Å². The molecule has 1 saturated carbocycles. The highest BCUT2D eigenvalue weighted by molar-refractivity contribution is 6.02. The summed E-state index contributed by atoms with van der Waals surface area (Å²) in [5.41, 5.74) is 1.83. The van der Waals surface area contributed by atoms with Gasteiger partial charge < -0.3 is 25.2 Å². The molecular weight excluding hydrogens is 528 g/mol. The first-order chi connectivity index (χ1) is 20.2. The van der Waals surface area contributed by atoms with Gasteiger partial charge in [0.15, 0.2) is 0 Å². The molecule has 228 valence electrons. The molecule has 3 saturated heterocycles. The van der Waals surface area contributed by atoms with Crippen LogP contribution in [-0.4, -0.2) is 77.5 Å². The maximum Gasteiger partial charge on any atom is 0.246 e. The summed E-state index contributed by atoms with van der Waals surface area (Å²) >= 11 is 0. The smallest absolute Gasteiger partial charge is 0.246 e. The number of nitrogens with one attached hydrogen (secondary N) is 2. The second-order valence-corrected chi connectivity index (χ2v) is 13.7. The third kappa shape index (κ3) is 5.19. The van der Waals surface area contributed by atoms with Crippen molar-refractivity contribution < 1.29 is 19.1 Å². The second kappa shape index (κ2) is 11.8. The topological polar surface area (TPSA) is 91.0 Å². The van der Waals surface area contributed by atoms with Crippen LogP contribution in [0.25, 0.3) is 0 Å². The van der Waals surface area contributed by atoms with E-state index in [1.807, 2.05) is 44.2 Å². The van der Waals surface area contributed by atoms with Crippen LogP contribution in [0.1, 0.15) is 69.9 Å². The molecule has 4 fully saturated rings. The Morgan fingerprint density at radius 3 is 2.48 bits per heavy atom. The summed E-state index contributed by atoms with van der Waals surface area (Å²) in [7, 11) is 0. The van der Waals surface area contributed by atoms with Gasteiger partial charge in [0.25, 0.3) is 0 Å². The highest BCUT2D eigenvalue weighted by atomic mass is 16.5. The molecule has 0 unspecified atom stereocenters. The van der Waals surface area contributed by atoms with Crippen LogP contribution in [0.5, 0.6) is 0 Å². The van der Waals surface area contributed by atoms with Gasteiger partial charge >= 0.3 is 0 Å². The van der Waals surface area contributed by atoms with Crippen LogP contribution in [0.2, 0.25) is 0 Å². The van der Waals surface area contributed by atoms with Crippen LogP contribution in [0.3, 0.4) is 0 Å². The number of carbonyl (C=O) groups excluding carboxylic acids is 3. The molecule has 8 heteroatoms. The fourth-order valence-electron chi connectivity index (χ4n) is 8.21. The van der Waals surface area contributed by atoms with Crippen molar-refractivity contribution in [2.75, 3.05) is 31.5 Å². The zero-order valence-corrected chi connectivity index (χ0v) is 25.7. The molecule has 8 nitrogen and oxygen atoms in total. The molecule has 2 N–H and O–H groups in total. The van der Waals surface area contributed by atoms with E-state index in [1.165, 1.54) is 19.3 Å². The first-order valence-corrected chi connectivity index (χ1v) is 16.3. The molecule has 8 atom stereocenters. The van der Waals surface area contributed by atoms with E-state index in [4.69, 9.17) is 4.74 Å². The van der Waals surface area contributed by atoms with Crippen molar-refractivity contribution in [2.24, 2.45) is 23.7 Å². The lowest BCUT2D eigenvalue weighted by atomic mass is 9.73. The standard InChI is InChI=1S/C34H48N4O4/c1-21-12-13-25(20-23(21)3)35-31(39)28-27-14-15-34(42-27)29(28)33(41)38(19-18-37-16-7-5-6-8-17-37)30(34)32(40)36-26-11-9-10-22(2)24(26)4/h12-15,20,22,24,26-30H,5-11,16-19H2,1-4H3,(H,35,39)(H,36,40)/t22-,24-,26-,27+,28-,29+,30+,34+/m1/s1. The average Bonchev–Trinajstić information content (AvgIpc) is 3.51. The maximum absolute atomic E-state index is 14.3. The number of hydrogen-bond donors (Lipinski definition) is 2. The van der Waals surface area contributed by atoms with Crippen molar-refractivity contribution >= 4 is 23.4 Å². The summed E-state index contributed by atoms with van der Waals surface area (Å²) in [4.78, 5) is 46.6. The Morgan fingerprint density at radius 2 is 1.74 bits per heavy atom. The molecule has 3 amide bonds. The first kappa shape index (κ1) is 29.4. The molecular formula is C34H48N4O4. The summed E-state index contributed by atoms with van der Waals surface area (Å²) in [5, 5.41) is 6.42. The van der Waals surface area contributed by atoms with Crippen LogP contribution in [0.15, 0.2) is 30.4 Å². The Bertz CT molecular complexity index is 1240. The number of amides is 3. The minimum Gasteiger partial charge on any atom is -0.359 e. The first-order valence-electron chi connectivity index (χ1n) is 16.3. The van der Waals surface area contributed by atoms with Gasteiger partial charge in [0, 0.05) is 24.8 Å². The summed E-state index contributed by atoms with van der Waals surface area (Å²) < 4.78 is 6.57. The van der Waals surface area contributed by atoms with Gasteiger partial charge in [-0.2, -0.15) is 0 Å². The molecule has 6 rings (SSSR count). The monoisotopic (exact) mass is 576 g/mol. The lowest BCUT2D eigenvalue weighted by Gasteiger charge is -2.38. The Kier molecular flexibility index (Phi) is 8.22. The number of rotatable bonds is 7. The Labute approximate surface area is 250 Å². The van der Waals surface area contributed by atoms with Gasteiger partial charge in [-0.1, -0.05) is 57.7 Å².